The van der Waals surface area contributed by atoms with Gasteiger partial charge in [0.15, 0.2) is 0 Å². The van der Waals surface area contributed by atoms with Crippen molar-refractivity contribution in [3.8, 4) is 0 Å². The number of rotatable bonds is 5. The lowest BCUT2D eigenvalue weighted by molar-refractivity contribution is 0.00690. The maximum absolute atomic E-state index is 9.48. The molecule has 1 saturated heterocycles. The predicted molar refractivity (Wildman–Crippen MR) is 83.5 cm³/mol. The average Bonchev–Trinajstić information content (AvgIpc) is 2.84. The van der Waals surface area contributed by atoms with Crippen molar-refractivity contribution < 1.29 is 9.84 Å². The zero-order valence-corrected chi connectivity index (χ0v) is 12.5. The van der Waals surface area contributed by atoms with Gasteiger partial charge in [-0.1, -0.05) is 12.1 Å². The highest BCUT2D eigenvalue weighted by Gasteiger charge is 2.18. The number of nitrogens with one attached hydrogen (secondary N) is 1. The minimum atomic E-state index is -0.399. The molecule has 1 aromatic carbocycles. The Morgan fingerprint density at radius 3 is 3.05 bits per heavy atom. The van der Waals surface area contributed by atoms with E-state index in [4.69, 9.17) is 4.74 Å². The molecular weight excluding hydrogens is 266 g/mol. The number of ether oxygens (including phenoxy) is 1. The van der Waals surface area contributed by atoms with E-state index >= 15 is 0 Å². The highest BCUT2D eigenvalue weighted by Crippen LogP contribution is 2.23. The molecule has 114 valence electrons. The third-order valence-corrected chi connectivity index (χ3v) is 3.87. The van der Waals surface area contributed by atoms with Crippen LogP contribution in [0.2, 0.25) is 0 Å². The molecule has 0 saturated carbocycles. The van der Waals surface area contributed by atoms with Gasteiger partial charge in [0.1, 0.15) is 0 Å². The van der Waals surface area contributed by atoms with Gasteiger partial charge in [-0.3, -0.25) is 0 Å². The van der Waals surface area contributed by atoms with E-state index in [2.05, 4.69) is 20.9 Å². The first-order valence-electron chi connectivity index (χ1n) is 7.73. The monoisotopic (exact) mass is 289 g/mol. The van der Waals surface area contributed by atoms with Gasteiger partial charge >= 0.3 is 0 Å². The van der Waals surface area contributed by atoms with Crippen LogP contribution in [0.25, 0.3) is 11.0 Å². The van der Waals surface area contributed by atoms with Crippen molar-refractivity contribution >= 4 is 17.0 Å². The molecule has 1 aliphatic heterocycles. The van der Waals surface area contributed by atoms with Crippen molar-refractivity contribution in [3.05, 3.63) is 24.3 Å². The van der Waals surface area contributed by atoms with Crippen LogP contribution in [0.1, 0.15) is 26.2 Å². The van der Waals surface area contributed by atoms with Crippen molar-refractivity contribution in [2.24, 2.45) is 0 Å². The molecular formula is C16H23N3O2. The van der Waals surface area contributed by atoms with E-state index in [1.807, 2.05) is 18.2 Å². The Morgan fingerprint density at radius 2 is 2.29 bits per heavy atom. The summed E-state index contributed by atoms with van der Waals surface area (Å²) in [6.07, 6.45) is 3.34. The largest absolute Gasteiger partial charge is 0.392 e. The minimum absolute atomic E-state index is 0.253. The van der Waals surface area contributed by atoms with Gasteiger partial charge in [0, 0.05) is 13.2 Å². The molecule has 1 aliphatic rings. The van der Waals surface area contributed by atoms with Crippen LogP contribution >= 0.6 is 0 Å². The van der Waals surface area contributed by atoms with Gasteiger partial charge < -0.3 is 19.7 Å². The first-order valence-corrected chi connectivity index (χ1v) is 7.73. The van der Waals surface area contributed by atoms with Crippen LogP contribution in [0, 0.1) is 0 Å². The second kappa shape index (κ2) is 6.45. The molecule has 3 rings (SSSR count). The molecule has 0 spiro atoms. The summed E-state index contributed by atoms with van der Waals surface area (Å²) < 4.78 is 8.03. The fourth-order valence-electron chi connectivity index (χ4n) is 2.79. The van der Waals surface area contributed by atoms with E-state index in [1.165, 1.54) is 6.42 Å². The van der Waals surface area contributed by atoms with Crippen LogP contribution in [0.4, 0.5) is 5.95 Å². The molecule has 2 atom stereocenters. The van der Waals surface area contributed by atoms with Crippen molar-refractivity contribution in [1.29, 1.82) is 0 Å². The summed E-state index contributed by atoms with van der Waals surface area (Å²) in [6, 6.07) is 8.12. The number of nitrogens with zero attached hydrogens (tertiary/aromatic N) is 2. The summed E-state index contributed by atoms with van der Waals surface area (Å²) in [7, 11) is 0. The molecule has 21 heavy (non-hydrogen) atoms. The molecule has 5 nitrogen and oxygen atoms in total. The summed E-state index contributed by atoms with van der Waals surface area (Å²) in [4.78, 5) is 4.64. The lowest BCUT2D eigenvalue weighted by Crippen LogP contribution is -2.26. The molecule has 2 N–H and O–H groups in total. The molecule has 0 amide bonds. The van der Waals surface area contributed by atoms with E-state index in [9.17, 15) is 5.11 Å². The van der Waals surface area contributed by atoms with Crippen LogP contribution in [0.15, 0.2) is 24.3 Å². The first-order chi connectivity index (χ1) is 10.2. The van der Waals surface area contributed by atoms with Crippen LogP contribution < -0.4 is 5.32 Å². The third kappa shape index (κ3) is 3.36. The summed E-state index contributed by atoms with van der Waals surface area (Å²) >= 11 is 0. The Hall–Kier alpha value is -1.59. The number of aromatic nitrogens is 2. The quantitative estimate of drug-likeness (QED) is 0.887. The fourth-order valence-corrected chi connectivity index (χ4v) is 2.79. The normalized spacial score (nSPS) is 20.6. The molecule has 1 fully saturated rings. The summed E-state index contributed by atoms with van der Waals surface area (Å²) in [5.41, 5.74) is 2.08. The van der Waals surface area contributed by atoms with Crippen LogP contribution in [-0.2, 0) is 11.3 Å². The van der Waals surface area contributed by atoms with Crippen molar-refractivity contribution in [1.82, 2.24) is 9.55 Å². The fraction of sp³-hybridized carbons (Fsp3) is 0.562. The zero-order valence-electron chi connectivity index (χ0n) is 12.5. The number of para-hydroxylation sites is 2. The lowest BCUT2D eigenvalue weighted by atomic mass is 10.1. The average molecular weight is 289 g/mol. The van der Waals surface area contributed by atoms with Gasteiger partial charge in [-0.15, -0.1) is 0 Å². The maximum atomic E-state index is 9.48. The molecule has 0 radical (unpaired) electrons. The summed E-state index contributed by atoms with van der Waals surface area (Å²) in [6.45, 7) is 3.93. The van der Waals surface area contributed by atoms with Gasteiger partial charge in [0.2, 0.25) is 5.95 Å². The van der Waals surface area contributed by atoms with Crippen molar-refractivity contribution in [2.75, 3.05) is 18.5 Å². The molecule has 5 heteroatoms. The second-order valence-electron chi connectivity index (χ2n) is 5.75. The Bertz CT molecular complexity index is 588. The first kappa shape index (κ1) is 14.4. The van der Waals surface area contributed by atoms with Crippen molar-refractivity contribution in [2.45, 2.75) is 44.9 Å². The lowest BCUT2D eigenvalue weighted by Gasteiger charge is -2.24. The second-order valence-corrected chi connectivity index (χ2v) is 5.75. The van der Waals surface area contributed by atoms with Crippen LogP contribution in [0.3, 0.4) is 0 Å². The van der Waals surface area contributed by atoms with Crippen LogP contribution in [0.5, 0.6) is 0 Å². The molecule has 2 aromatic rings. The summed E-state index contributed by atoms with van der Waals surface area (Å²) in [5, 5.41) is 12.7. The van der Waals surface area contributed by atoms with E-state index < -0.39 is 6.10 Å². The Balaban J connectivity index is 1.87. The SMILES string of the molecule is C[C@@H](O)CNc1nc2ccccc2n1C[C@H]1CCCCO1. The van der Waals surface area contributed by atoms with Gasteiger partial charge in [-0.2, -0.15) is 0 Å². The minimum Gasteiger partial charge on any atom is -0.392 e. The van der Waals surface area contributed by atoms with E-state index in [0.717, 1.165) is 43.0 Å². The van der Waals surface area contributed by atoms with Crippen molar-refractivity contribution in [3.63, 3.8) is 0 Å². The van der Waals surface area contributed by atoms with Crippen LogP contribution in [-0.4, -0.2) is 40.0 Å². The molecule has 0 bridgehead atoms. The van der Waals surface area contributed by atoms with Gasteiger partial charge in [0.05, 0.1) is 29.8 Å². The number of benzene rings is 1. The number of aliphatic hydroxyl groups excluding tert-OH is 1. The standard InChI is InChI=1S/C16H23N3O2/c1-12(20)10-17-16-18-14-7-2-3-8-15(14)19(16)11-13-6-4-5-9-21-13/h2-3,7-8,12-13,20H,4-6,9-11H2,1H3,(H,17,18)/t12-,13-/m1/s1. The number of hydrogen-bond acceptors (Lipinski definition) is 4. The highest BCUT2D eigenvalue weighted by atomic mass is 16.5. The van der Waals surface area contributed by atoms with E-state index in [0.29, 0.717) is 6.54 Å². The Morgan fingerprint density at radius 1 is 1.43 bits per heavy atom. The highest BCUT2D eigenvalue weighted by molar-refractivity contribution is 5.78. The van der Waals surface area contributed by atoms with Gasteiger partial charge in [0.25, 0.3) is 0 Å². The van der Waals surface area contributed by atoms with E-state index in [-0.39, 0.29) is 6.10 Å². The van der Waals surface area contributed by atoms with Gasteiger partial charge in [-0.05, 0) is 38.3 Å². The zero-order chi connectivity index (χ0) is 14.7. The maximum Gasteiger partial charge on any atom is 0.204 e. The molecule has 0 unspecified atom stereocenters. The van der Waals surface area contributed by atoms with Gasteiger partial charge in [-0.25, -0.2) is 4.98 Å². The molecule has 0 aliphatic carbocycles. The molecule has 1 aromatic heterocycles. The topological polar surface area (TPSA) is 59.3 Å². The number of aliphatic hydroxyl groups is 1. The molecule has 2 heterocycles. The Labute approximate surface area is 124 Å². The predicted octanol–water partition coefficient (Wildman–Crippen LogP) is 2.40. The number of imidazole rings is 1. The third-order valence-electron chi connectivity index (χ3n) is 3.87. The number of fused-ring (bicyclic) bond motifs is 1. The van der Waals surface area contributed by atoms with E-state index in [1.54, 1.807) is 6.92 Å². The summed E-state index contributed by atoms with van der Waals surface area (Å²) in [5.74, 6) is 0.811. The Kier molecular flexibility index (Phi) is 4.41. The number of anilines is 1. The smallest absolute Gasteiger partial charge is 0.204 e. The number of hydrogen-bond donors (Lipinski definition) is 2.